The molecule has 0 saturated carbocycles. The van der Waals surface area contributed by atoms with Crippen LogP contribution in [-0.2, 0) is 18.3 Å². The van der Waals surface area contributed by atoms with E-state index in [0.717, 1.165) is 0 Å². The molecule has 8 nitrogen and oxygen atoms in total. The lowest BCUT2D eigenvalue weighted by atomic mass is 10.2. The predicted molar refractivity (Wildman–Crippen MR) is 94.9 cm³/mol. The van der Waals surface area contributed by atoms with Crippen LogP contribution in [0, 0.1) is 11.3 Å². The lowest BCUT2D eigenvalue weighted by Gasteiger charge is -2.11. The second-order valence-corrected chi connectivity index (χ2v) is 6.00. The molecule has 0 aliphatic carbocycles. The number of nitriles is 1. The Balaban J connectivity index is 2.26. The number of nitrogens with zero attached hydrogens (tertiary/aromatic N) is 5. The number of rotatable bonds is 5. The summed E-state index contributed by atoms with van der Waals surface area (Å²) in [7, 11) is 3.32. The topological polar surface area (TPSA) is 112 Å². The molecule has 26 heavy (non-hydrogen) atoms. The van der Waals surface area contributed by atoms with E-state index in [1.54, 1.807) is 42.1 Å². The molecule has 3 aromatic rings. The molecule has 0 unspecified atom stereocenters. The third kappa shape index (κ3) is 3.25. The summed E-state index contributed by atoms with van der Waals surface area (Å²) in [6.45, 7) is 0. The molecule has 0 fully saturated rings. The molecule has 0 atom stereocenters. The lowest BCUT2D eigenvalue weighted by molar-refractivity contribution is -0.117. The molecule has 0 saturated heterocycles. The van der Waals surface area contributed by atoms with Crippen LogP contribution in [0.25, 0.3) is 17.2 Å². The highest BCUT2D eigenvalue weighted by Crippen LogP contribution is 2.30. The molecular weight excluding hydrogens is 356 g/mol. The quantitative estimate of drug-likeness (QED) is 0.736. The molecule has 0 radical (unpaired) electrons. The smallest absolute Gasteiger partial charge is 0.225 e. The first-order valence-corrected chi connectivity index (χ1v) is 7.95. The Hall–Kier alpha value is -3.31. The maximum absolute atomic E-state index is 11.3. The van der Waals surface area contributed by atoms with Crippen molar-refractivity contribution in [1.29, 1.82) is 5.26 Å². The van der Waals surface area contributed by atoms with Crippen molar-refractivity contribution in [3.05, 3.63) is 46.9 Å². The summed E-state index contributed by atoms with van der Waals surface area (Å²) in [6, 6.07) is 8.86. The van der Waals surface area contributed by atoms with Gasteiger partial charge in [-0.3, -0.25) is 4.79 Å². The van der Waals surface area contributed by atoms with Crippen LogP contribution in [0.2, 0.25) is 5.02 Å². The minimum atomic E-state index is -0.545. The maximum atomic E-state index is 11.3. The Morgan fingerprint density at radius 1 is 1.42 bits per heavy atom. The highest BCUT2D eigenvalue weighted by molar-refractivity contribution is 6.30. The van der Waals surface area contributed by atoms with Gasteiger partial charge >= 0.3 is 0 Å². The second kappa shape index (κ2) is 6.90. The van der Waals surface area contributed by atoms with Gasteiger partial charge in [-0.15, -0.1) is 5.10 Å². The molecule has 0 spiro atoms. The van der Waals surface area contributed by atoms with E-state index in [4.69, 9.17) is 27.3 Å². The number of amides is 1. The van der Waals surface area contributed by atoms with Gasteiger partial charge in [0.05, 0.1) is 24.8 Å². The monoisotopic (exact) mass is 370 g/mol. The van der Waals surface area contributed by atoms with E-state index in [0.29, 0.717) is 33.5 Å². The van der Waals surface area contributed by atoms with Gasteiger partial charge in [-0.05, 0) is 24.3 Å². The average Bonchev–Trinajstić information content (AvgIpc) is 3.17. The summed E-state index contributed by atoms with van der Waals surface area (Å²) >= 11 is 6.13. The van der Waals surface area contributed by atoms with Crippen molar-refractivity contribution in [1.82, 2.24) is 19.3 Å². The zero-order valence-corrected chi connectivity index (χ0v) is 14.9. The van der Waals surface area contributed by atoms with Crippen LogP contribution in [0.5, 0.6) is 5.75 Å². The number of hydrogen-bond acceptors (Lipinski definition) is 5. The van der Waals surface area contributed by atoms with Crippen molar-refractivity contribution in [3.8, 4) is 29.0 Å². The number of halogens is 1. The van der Waals surface area contributed by atoms with Crippen molar-refractivity contribution < 1.29 is 9.53 Å². The number of benzene rings is 1. The third-order valence-electron chi connectivity index (χ3n) is 3.72. The summed E-state index contributed by atoms with van der Waals surface area (Å²) < 4.78 is 8.68. The number of aryl methyl sites for hydroxylation is 1. The minimum absolute atomic E-state index is 0.113. The van der Waals surface area contributed by atoms with Crippen molar-refractivity contribution in [2.45, 2.75) is 6.42 Å². The Kier molecular flexibility index (Phi) is 4.65. The highest BCUT2D eigenvalue weighted by Gasteiger charge is 2.20. The zero-order valence-electron chi connectivity index (χ0n) is 14.1. The fraction of sp³-hybridized carbons (Fsp3) is 0.176. The number of primary amides is 1. The summed E-state index contributed by atoms with van der Waals surface area (Å²) in [5, 5.41) is 14.0. The van der Waals surface area contributed by atoms with Crippen LogP contribution in [0.3, 0.4) is 0 Å². The SMILES string of the molecule is COc1ccc(Cl)cc1-n1nc(CC(N)=O)nc1-c1cc(C#N)cn1C. The van der Waals surface area contributed by atoms with E-state index in [1.165, 1.54) is 11.8 Å². The molecule has 0 aliphatic rings. The number of methoxy groups -OCH3 is 1. The fourth-order valence-electron chi connectivity index (χ4n) is 2.60. The van der Waals surface area contributed by atoms with Gasteiger partial charge in [-0.25, -0.2) is 9.67 Å². The third-order valence-corrected chi connectivity index (χ3v) is 3.95. The molecule has 2 heterocycles. The molecule has 2 N–H and O–H groups in total. The molecular formula is C17H15ClN6O2. The van der Waals surface area contributed by atoms with Crippen molar-refractivity contribution in [3.63, 3.8) is 0 Å². The van der Waals surface area contributed by atoms with E-state index in [9.17, 15) is 4.79 Å². The predicted octanol–water partition coefficient (Wildman–Crippen LogP) is 1.83. The Bertz CT molecular complexity index is 1030. The van der Waals surface area contributed by atoms with E-state index >= 15 is 0 Å². The van der Waals surface area contributed by atoms with Gasteiger partial charge in [0, 0.05) is 18.3 Å². The lowest BCUT2D eigenvalue weighted by Crippen LogP contribution is -2.14. The van der Waals surface area contributed by atoms with E-state index in [1.807, 2.05) is 0 Å². The Labute approximate surface area is 154 Å². The standard InChI is InChI=1S/C17H15ClN6O2/c1-23-9-10(8-19)5-13(23)17-21-16(7-15(20)25)22-24(17)12-6-11(18)3-4-14(12)26-2/h3-6,9H,7H2,1-2H3,(H2,20,25). The first-order valence-electron chi connectivity index (χ1n) is 7.58. The molecule has 0 aliphatic heterocycles. The Morgan fingerprint density at radius 3 is 2.81 bits per heavy atom. The first-order chi connectivity index (χ1) is 12.4. The van der Waals surface area contributed by atoms with Gasteiger partial charge in [0.15, 0.2) is 11.6 Å². The van der Waals surface area contributed by atoms with E-state index in [2.05, 4.69) is 16.2 Å². The number of carbonyl (C=O) groups excluding carboxylic acids is 1. The minimum Gasteiger partial charge on any atom is -0.494 e. The van der Waals surface area contributed by atoms with Crippen molar-refractivity contribution in [2.75, 3.05) is 7.11 Å². The zero-order chi connectivity index (χ0) is 18.8. The van der Waals surface area contributed by atoms with Crippen LogP contribution in [0.15, 0.2) is 30.5 Å². The number of carbonyl (C=O) groups is 1. The molecule has 2 aromatic heterocycles. The van der Waals surface area contributed by atoms with Crippen molar-refractivity contribution in [2.24, 2.45) is 12.8 Å². The summed E-state index contributed by atoms with van der Waals surface area (Å²) in [5.41, 5.74) is 6.95. The highest BCUT2D eigenvalue weighted by atomic mass is 35.5. The number of aromatic nitrogens is 4. The molecule has 0 bridgehead atoms. The summed E-state index contributed by atoms with van der Waals surface area (Å²) in [6.07, 6.45) is 1.57. The van der Waals surface area contributed by atoms with Gasteiger partial charge in [0.25, 0.3) is 0 Å². The van der Waals surface area contributed by atoms with Crippen LogP contribution >= 0.6 is 11.6 Å². The molecule has 9 heteroatoms. The van der Waals surface area contributed by atoms with Gasteiger partial charge < -0.3 is 15.0 Å². The molecule has 1 aromatic carbocycles. The van der Waals surface area contributed by atoms with Gasteiger partial charge in [0.1, 0.15) is 17.5 Å². The number of hydrogen-bond donors (Lipinski definition) is 1. The van der Waals surface area contributed by atoms with Crippen LogP contribution < -0.4 is 10.5 Å². The second-order valence-electron chi connectivity index (χ2n) is 5.56. The molecule has 132 valence electrons. The van der Waals surface area contributed by atoms with E-state index < -0.39 is 5.91 Å². The first kappa shape index (κ1) is 17.5. The molecule has 1 amide bonds. The Morgan fingerprint density at radius 2 is 2.19 bits per heavy atom. The maximum Gasteiger partial charge on any atom is 0.225 e. The average molecular weight is 371 g/mol. The summed E-state index contributed by atoms with van der Waals surface area (Å²) in [4.78, 5) is 15.7. The van der Waals surface area contributed by atoms with E-state index in [-0.39, 0.29) is 12.2 Å². The van der Waals surface area contributed by atoms with Gasteiger partial charge in [0.2, 0.25) is 5.91 Å². The van der Waals surface area contributed by atoms with Gasteiger partial charge in [-0.2, -0.15) is 5.26 Å². The fourth-order valence-corrected chi connectivity index (χ4v) is 2.76. The molecule has 3 rings (SSSR count). The van der Waals surface area contributed by atoms with Crippen LogP contribution in [0.4, 0.5) is 0 Å². The number of ether oxygens (including phenoxy) is 1. The van der Waals surface area contributed by atoms with Gasteiger partial charge in [-0.1, -0.05) is 11.6 Å². The largest absolute Gasteiger partial charge is 0.494 e. The van der Waals surface area contributed by atoms with Crippen LogP contribution in [0.1, 0.15) is 11.4 Å². The number of nitrogens with two attached hydrogens (primary N) is 1. The normalized spacial score (nSPS) is 10.5. The summed E-state index contributed by atoms with van der Waals surface area (Å²) in [5.74, 6) is 0.678. The van der Waals surface area contributed by atoms with Crippen molar-refractivity contribution >= 4 is 17.5 Å². The van der Waals surface area contributed by atoms with Crippen LogP contribution in [-0.4, -0.2) is 32.3 Å².